The van der Waals surface area contributed by atoms with Gasteiger partial charge in [-0.05, 0) is 56.3 Å². The van der Waals surface area contributed by atoms with Crippen LogP contribution >= 0.6 is 0 Å². The lowest BCUT2D eigenvalue weighted by molar-refractivity contribution is 0.102. The molecule has 0 aliphatic rings. The Morgan fingerprint density at radius 1 is 1.00 bits per heavy atom. The van der Waals surface area contributed by atoms with Crippen LogP contribution < -0.4 is 10.6 Å². The number of nitrogens with zero attached hydrogens (tertiary/aromatic N) is 5. The van der Waals surface area contributed by atoms with E-state index in [9.17, 15) is 10.1 Å². The molecule has 0 saturated carbocycles. The third kappa shape index (κ3) is 4.41. The molecule has 2 aromatic carbocycles. The van der Waals surface area contributed by atoms with Crippen LogP contribution in [-0.2, 0) is 0 Å². The van der Waals surface area contributed by atoms with Crippen LogP contribution in [0.3, 0.4) is 0 Å². The van der Waals surface area contributed by atoms with Gasteiger partial charge in [0.15, 0.2) is 5.82 Å². The molecule has 8 nitrogen and oxygen atoms in total. The van der Waals surface area contributed by atoms with Crippen LogP contribution in [0, 0.1) is 25.2 Å². The summed E-state index contributed by atoms with van der Waals surface area (Å²) in [6, 6.07) is 20.2. The third-order valence-corrected chi connectivity index (χ3v) is 4.51. The molecule has 8 heteroatoms. The first-order chi connectivity index (χ1) is 15.0. The average Bonchev–Trinajstić information content (AvgIpc) is 3.16. The van der Waals surface area contributed by atoms with Crippen molar-refractivity contribution in [3.63, 3.8) is 0 Å². The molecular weight excluding hydrogens is 390 g/mol. The minimum absolute atomic E-state index is 0.280. The number of hydrogen-bond donors (Lipinski definition) is 2. The topological polar surface area (TPSA) is 109 Å². The number of carbonyl (C=O) groups is 1. The lowest BCUT2D eigenvalue weighted by Crippen LogP contribution is -2.16. The summed E-state index contributed by atoms with van der Waals surface area (Å²) < 4.78 is 1.53. The van der Waals surface area contributed by atoms with E-state index in [0.29, 0.717) is 17.3 Å². The fourth-order valence-electron chi connectivity index (χ4n) is 3.11. The van der Waals surface area contributed by atoms with Gasteiger partial charge in [-0.1, -0.05) is 18.2 Å². The Labute approximate surface area is 179 Å². The van der Waals surface area contributed by atoms with E-state index < -0.39 is 0 Å². The summed E-state index contributed by atoms with van der Waals surface area (Å²) in [6.07, 6.45) is 1.43. The number of hydrogen-bond acceptors (Lipinski definition) is 6. The van der Waals surface area contributed by atoms with Crippen molar-refractivity contribution in [1.29, 1.82) is 5.26 Å². The van der Waals surface area contributed by atoms with E-state index in [4.69, 9.17) is 0 Å². The molecular formula is C23H19N7O. The number of carbonyl (C=O) groups excluding carboxylic acids is 1. The number of nitriles is 1. The van der Waals surface area contributed by atoms with Crippen molar-refractivity contribution in [2.45, 2.75) is 13.8 Å². The largest absolute Gasteiger partial charge is 0.324 e. The SMILES string of the molecule is Cc1cc(C)nc(Nc2ccc(C(=O)Nc3c(C#N)cnn3-c3ccccc3)cc2)n1. The second kappa shape index (κ2) is 8.47. The van der Waals surface area contributed by atoms with Crippen LogP contribution in [0.5, 0.6) is 0 Å². The zero-order valence-electron chi connectivity index (χ0n) is 17.0. The number of aromatic nitrogens is 4. The highest BCUT2D eigenvalue weighted by molar-refractivity contribution is 6.04. The van der Waals surface area contributed by atoms with Crippen LogP contribution in [0.15, 0.2) is 66.9 Å². The van der Waals surface area contributed by atoms with E-state index in [0.717, 1.165) is 22.8 Å². The average molecular weight is 409 g/mol. The second-order valence-electron chi connectivity index (χ2n) is 6.90. The normalized spacial score (nSPS) is 10.4. The first-order valence-electron chi connectivity index (χ1n) is 9.58. The maximum absolute atomic E-state index is 12.8. The highest BCUT2D eigenvalue weighted by Gasteiger charge is 2.16. The van der Waals surface area contributed by atoms with E-state index >= 15 is 0 Å². The lowest BCUT2D eigenvalue weighted by Gasteiger charge is -2.10. The molecule has 0 saturated heterocycles. The monoisotopic (exact) mass is 409 g/mol. The number of aryl methyl sites for hydroxylation is 2. The third-order valence-electron chi connectivity index (χ3n) is 4.51. The lowest BCUT2D eigenvalue weighted by atomic mass is 10.2. The molecule has 2 heterocycles. The Bertz CT molecular complexity index is 1250. The van der Waals surface area contributed by atoms with Gasteiger partial charge < -0.3 is 10.6 Å². The van der Waals surface area contributed by atoms with Crippen molar-refractivity contribution in [1.82, 2.24) is 19.7 Å². The van der Waals surface area contributed by atoms with Gasteiger partial charge in [-0.15, -0.1) is 0 Å². The molecule has 2 N–H and O–H groups in total. The highest BCUT2D eigenvalue weighted by Crippen LogP contribution is 2.21. The number of nitrogens with one attached hydrogen (secondary N) is 2. The molecule has 4 rings (SSSR count). The van der Waals surface area contributed by atoms with Gasteiger partial charge in [-0.3, -0.25) is 4.79 Å². The quantitative estimate of drug-likeness (QED) is 0.513. The van der Waals surface area contributed by atoms with Gasteiger partial charge in [-0.2, -0.15) is 10.4 Å². The summed E-state index contributed by atoms with van der Waals surface area (Å²) in [5, 5.41) is 19.6. The molecule has 0 radical (unpaired) electrons. The van der Waals surface area contributed by atoms with E-state index in [1.54, 1.807) is 24.3 Å². The minimum Gasteiger partial charge on any atom is -0.324 e. The molecule has 0 bridgehead atoms. The Kier molecular flexibility index (Phi) is 5.41. The van der Waals surface area contributed by atoms with Crippen LogP contribution in [0.25, 0.3) is 5.69 Å². The van der Waals surface area contributed by atoms with Gasteiger partial charge in [0.1, 0.15) is 11.6 Å². The standard InChI is InChI=1S/C23H19N7O/c1-15-12-16(2)27-23(26-15)28-19-10-8-17(9-11-19)22(31)29-21-18(13-24)14-25-30(21)20-6-4-3-5-7-20/h3-12,14H,1-2H3,(H,29,31)(H,26,27,28). The van der Waals surface area contributed by atoms with Crippen molar-refractivity contribution < 1.29 is 4.79 Å². The Morgan fingerprint density at radius 3 is 2.32 bits per heavy atom. The second-order valence-corrected chi connectivity index (χ2v) is 6.90. The maximum Gasteiger partial charge on any atom is 0.256 e. The van der Waals surface area contributed by atoms with Crippen LogP contribution in [0.4, 0.5) is 17.5 Å². The Morgan fingerprint density at radius 2 is 1.68 bits per heavy atom. The fraction of sp³-hybridized carbons (Fsp3) is 0.0870. The first-order valence-corrected chi connectivity index (χ1v) is 9.58. The zero-order valence-corrected chi connectivity index (χ0v) is 17.0. The summed E-state index contributed by atoms with van der Waals surface area (Å²) in [5.74, 6) is 0.480. The number of benzene rings is 2. The molecule has 2 aromatic heterocycles. The van der Waals surface area contributed by atoms with E-state index in [1.807, 2.05) is 50.2 Å². The predicted octanol–water partition coefficient (Wildman–Crippen LogP) is 4.15. The van der Waals surface area contributed by atoms with Crippen molar-refractivity contribution in [2.75, 3.05) is 10.6 Å². The first kappa shape index (κ1) is 19.8. The molecule has 0 aliphatic carbocycles. The molecule has 0 unspecified atom stereocenters. The van der Waals surface area contributed by atoms with Gasteiger partial charge >= 0.3 is 0 Å². The summed E-state index contributed by atoms with van der Waals surface area (Å²) in [6.45, 7) is 3.81. The number of amides is 1. The Balaban J connectivity index is 1.53. The molecule has 0 fully saturated rings. The van der Waals surface area contributed by atoms with Crippen LogP contribution in [0.2, 0.25) is 0 Å². The van der Waals surface area contributed by atoms with Gasteiger partial charge in [0.2, 0.25) is 5.95 Å². The molecule has 1 amide bonds. The number of para-hydroxylation sites is 1. The summed E-state index contributed by atoms with van der Waals surface area (Å²) in [4.78, 5) is 21.5. The van der Waals surface area contributed by atoms with Crippen LogP contribution in [-0.4, -0.2) is 25.7 Å². The molecule has 152 valence electrons. The summed E-state index contributed by atoms with van der Waals surface area (Å²) in [5.41, 5.74) is 3.96. The summed E-state index contributed by atoms with van der Waals surface area (Å²) in [7, 11) is 0. The molecule has 0 spiro atoms. The number of rotatable bonds is 5. The smallest absolute Gasteiger partial charge is 0.256 e. The summed E-state index contributed by atoms with van der Waals surface area (Å²) >= 11 is 0. The number of anilines is 3. The maximum atomic E-state index is 12.8. The zero-order chi connectivity index (χ0) is 21.8. The molecule has 0 aliphatic heterocycles. The van der Waals surface area contributed by atoms with E-state index in [1.165, 1.54) is 10.9 Å². The van der Waals surface area contributed by atoms with E-state index in [-0.39, 0.29) is 11.5 Å². The van der Waals surface area contributed by atoms with E-state index in [2.05, 4.69) is 31.8 Å². The van der Waals surface area contributed by atoms with Crippen molar-refractivity contribution >= 4 is 23.4 Å². The molecule has 0 atom stereocenters. The highest BCUT2D eigenvalue weighted by atomic mass is 16.1. The van der Waals surface area contributed by atoms with Gasteiger partial charge in [0.25, 0.3) is 5.91 Å². The minimum atomic E-state index is -0.344. The van der Waals surface area contributed by atoms with Gasteiger partial charge in [0.05, 0.1) is 11.9 Å². The predicted molar refractivity (Wildman–Crippen MR) is 117 cm³/mol. The van der Waals surface area contributed by atoms with Gasteiger partial charge in [-0.25, -0.2) is 14.6 Å². The fourth-order valence-corrected chi connectivity index (χ4v) is 3.11. The van der Waals surface area contributed by atoms with Gasteiger partial charge in [0, 0.05) is 22.6 Å². The van der Waals surface area contributed by atoms with Crippen molar-refractivity contribution in [3.8, 4) is 11.8 Å². The van der Waals surface area contributed by atoms with Crippen molar-refractivity contribution in [2.24, 2.45) is 0 Å². The van der Waals surface area contributed by atoms with Crippen LogP contribution in [0.1, 0.15) is 27.3 Å². The Hall–Kier alpha value is -4.51. The molecule has 4 aromatic rings. The molecule has 31 heavy (non-hydrogen) atoms. The van der Waals surface area contributed by atoms with Crippen molar-refractivity contribution in [3.05, 3.63) is 89.4 Å².